The molecule has 0 aromatic carbocycles. The second-order valence-electron chi connectivity index (χ2n) is 2.25. The summed E-state index contributed by atoms with van der Waals surface area (Å²) in [7, 11) is 0. The maximum absolute atomic E-state index is 10.7. The number of ether oxygens (including phenoxy) is 2. The highest BCUT2D eigenvalue weighted by molar-refractivity contribution is 6.17. The van der Waals surface area contributed by atoms with E-state index < -0.39 is 6.16 Å². The predicted molar refractivity (Wildman–Crippen MR) is 42.2 cm³/mol. The zero-order valence-electron chi connectivity index (χ0n) is 7.23. The van der Waals surface area contributed by atoms with Crippen LogP contribution in [0.2, 0.25) is 0 Å². The van der Waals surface area contributed by atoms with Gasteiger partial charge < -0.3 is 14.7 Å². The van der Waals surface area contributed by atoms with Gasteiger partial charge in [0.1, 0.15) is 0 Å². The largest absolute Gasteiger partial charge is 0.509 e. The Bertz CT molecular complexity index is 326. The van der Waals surface area contributed by atoms with Gasteiger partial charge in [-0.05, 0) is 4.90 Å². The summed E-state index contributed by atoms with van der Waals surface area (Å²) in [6, 6.07) is -0.293. The van der Waals surface area contributed by atoms with Crippen LogP contribution in [0.5, 0.6) is 0 Å². The van der Waals surface area contributed by atoms with Crippen LogP contribution in [0.3, 0.4) is 0 Å². The molecule has 0 aliphatic rings. The van der Waals surface area contributed by atoms with E-state index in [0.29, 0.717) is 0 Å². The molecule has 1 heterocycles. The lowest BCUT2D eigenvalue weighted by atomic mass is 10.4. The van der Waals surface area contributed by atoms with E-state index in [-0.39, 0.29) is 29.0 Å². The zero-order valence-corrected chi connectivity index (χ0v) is 7.98. The van der Waals surface area contributed by atoms with Gasteiger partial charge in [0.15, 0.2) is 18.4 Å². The van der Waals surface area contributed by atoms with Crippen molar-refractivity contribution in [3.8, 4) is 0 Å². The molecule has 78 valence electrons. The van der Waals surface area contributed by atoms with E-state index >= 15 is 0 Å². The Morgan fingerprint density at radius 2 is 2.43 bits per heavy atom. The standard InChI is InChI=1S/C6H7ClN2O5/c1-4-5(8-14-9(4)11)2-12-6(10)13-3-7/h2-3H2,1H3. The van der Waals surface area contributed by atoms with Crippen LogP contribution in [0.25, 0.3) is 0 Å². The minimum absolute atomic E-state index is 0.194. The van der Waals surface area contributed by atoms with Crippen molar-refractivity contribution < 1.29 is 23.8 Å². The Morgan fingerprint density at radius 3 is 2.93 bits per heavy atom. The predicted octanol–water partition coefficient (Wildman–Crippen LogP) is 0.466. The fraction of sp³-hybridized carbons (Fsp3) is 0.500. The molecule has 0 N–H and O–H groups in total. The molecule has 0 spiro atoms. The van der Waals surface area contributed by atoms with Gasteiger partial charge in [-0.1, -0.05) is 11.6 Å². The number of carbonyl (C=O) groups excluding carboxylic acids is 1. The first-order valence-corrected chi connectivity index (χ1v) is 4.09. The number of nitrogens with zero attached hydrogens (tertiary/aromatic N) is 2. The number of carbonyl (C=O) groups is 1. The first-order chi connectivity index (χ1) is 6.65. The minimum atomic E-state index is -0.931. The molecule has 0 saturated carbocycles. The monoisotopic (exact) mass is 222 g/mol. The van der Waals surface area contributed by atoms with Crippen LogP contribution >= 0.6 is 11.6 Å². The van der Waals surface area contributed by atoms with E-state index in [2.05, 4.69) is 19.3 Å². The van der Waals surface area contributed by atoms with E-state index in [1.165, 1.54) is 6.92 Å². The van der Waals surface area contributed by atoms with Gasteiger partial charge in [0.2, 0.25) is 0 Å². The number of halogens is 1. The van der Waals surface area contributed by atoms with Crippen LogP contribution in [-0.4, -0.2) is 17.4 Å². The molecule has 1 aromatic heterocycles. The topological polar surface area (TPSA) is 88.5 Å². The van der Waals surface area contributed by atoms with Crippen molar-refractivity contribution in [3.05, 3.63) is 16.6 Å². The maximum Gasteiger partial charge on any atom is 0.509 e. The van der Waals surface area contributed by atoms with E-state index in [1.807, 2.05) is 0 Å². The minimum Gasteiger partial charge on any atom is -0.425 e. The highest BCUT2D eigenvalue weighted by Gasteiger charge is 2.16. The summed E-state index contributed by atoms with van der Waals surface area (Å²) >= 11 is 5.10. The highest BCUT2D eigenvalue weighted by Crippen LogP contribution is 2.01. The van der Waals surface area contributed by atoms with Gasteiger partial charge >= 0.3 is 6.16 Å². The lowest BCUT2D eigenvalue weighted by Crippen LogP contribution is -2.26. The molecule has 14 heavy (non-hydrogen) atoms. The summed E-state index contributed by atoms with van der Waals surface area (Å²) in [4.78, 5) is 10.9. The fourth-order valence-electron chi connectivity index (χ4n) is 0.663. The third-order valence-corrected chi connectivity index (χ3v) is 1.52. The average molecular weight is 223 g/mol. The number of alkyl halides is 1. The number of hydrogen-bond donors (Lipinski definition) is 0. The van der Waals surface area contributed by atoms with Crippen LogP contribution in [0.4, 0.5) is 4.79 Å². The number of rotatable bonds is 3. The molecule has 0 bridgehead atoms. The number of hydrogen-bond acceptors (Lipinski definition) is 6. The van der Waals surface area contributed by atoms with Crippen molar-refractivity contribution in [1.29, 1.82) is 0 Å². The zero-order chi connectivity index (χ0) is 10.6. The Hall–Kier alpha value is -1.50. The molecular formula is C6H7ClN2O5. The van der Waals surface area contributed by atoms with Gasteiger partial charge in [0.25, 0.3) is 5.69 Å². The second kappa shape index (κ2) is 4.66. The van der Waals surface area contributed by atoms with Crippen molar-refractivity contribution in [2.45, 2.75) is 13.5 Å². The Kier molecular flexibility index (Phi) is 3.52. The van der Waals surface area contributed by atoms with Crippen LogP contribution < -0.4 is 4.90 Å². The van der Waals surface area contributed by atoms with E-state index in [0.717, 1.165) is 0 Å². The molecule has 8 heteroatoms. The summed E-state index contributed by atoms with van der Waals surface area (Å²) < 4.78 is 13.1. The Labute approximate surface area is 83.7 Å². The molecule has 0 saturated heterocycles. The van der Waals surface area contributed by atoms with Crippen LogP contribution in [0.1, 0.15) is 11.4 Å². The smallest absolute Gasteiger partial charge is 0.425 e. The van der Waals surface area contributed by atoms with Gasteiger partial charge in [0.05, 0.1) is 0 Å². The lowest BCUT2D eigenvalue weighted by Gasteiger charge is -1.99. The van der Waals surface area contributed by atoms with Gasteiger partial charge in [-0.3, -0.25) is 4.63 Å². The van der Waals surface area contributed by atoms with Gasteiger partial charge in [-0.15, -0.1) is 0 Å². The molecule has 7 nitrogen and oxygen atoms in total. The summed E-state index contributed by atoms with van der Waals surface area (Å²) in [5, 5.41) is 14.1. The fourth-order valence-corrected chi connectivity index (χ4v) is 0.752. The van der Waals surface area contributed by atoms with E-state index in [9.17, 15) is 10.0 Å². The molecular weight excluding hydrogens is 216 g/mol. The Morgan fingerprint density at radius 1 is 1.71 bits per heavy atom. The normalized spacial score (nSPS) is 9.86. The van der Waals surface area contributed by atoms with Crippen molar-refractivity contribution in [2.24, 2.45) is 0 Å². The molecule has 0 amide bonds. The van der Waals surface area contributed by atoms with Gasteiger partial charge in [-0.2, -0.15) is 0 Å². The van der Waals surface area contributed by atoms with Crippen molar-refractivity contribution in [2.75, 3.05) is 6.07 Å². The highest BCUT2D eigenvalue weighted by atomic mass is 35.5. The Balaban J connectivity index is 2.46. The summed E-state index contributed by atoms with van der Waals surface area (Å²) in [5.74, 6) is 0. The molecule has 0 unspecified atom stereocenters. The van der Waals surface area contributed by atoms with Crippen molar-refractivity contribution >= 4 is 17.8 Å². The second-order valence-corrected chi connectivity index (χ2v) is 2.47. The summed E-state index contributed by atoms with van der Waals surface area (Å²) in [6.45, 7) is 1.29. The number of aromatic nitrogens is 2. The van der Waals surface area contributed by atoms with Crippen molar-refractivity contribution in [3.63, 3.8) is 0 Å². The molecule has 0 aliphatic heterocycles. The molecule has 1 aromatic rings. The lowest BCUT2D eigenvalue weighted by molar-refractivity contribution is -0.806. The SMILES string of the molecule is Cc1c(COC(=O)OCCl)no[n+]1[O-]. The average Bonchev–Trinajstić information content (AvgIpc) is 2.46. The maximum atomic E-state index is 10.7. The van der Waals surface area contributed by atoms with Crippen LogP contribution in [0.15, 0.2) is 4.63 Å². The molecule has 0 aliphatic carbocycles. The molecule has 0 fully saturated rings. The molecule has 0 atom stereocenters. The summed E-state index contributed by atoms with van der Waals surface area (Å²) in [5.41, 5.74) is 0.454. The van der Waals surface area contributed by atoms with Crippen molar-refractivity contribution in [1.82, 2.24) is 5.16 Å². The first kappa shape index (κ1) is 10.6. The quantitative estimate of drug-likeness (QED) is 0.420. The summed E-state index contributed by atoms with van der Waals surface area (Å²) in [6.07, 6.45) is -0.931. The molecule has 1 rings (SSSR count). The third kappa shape index (κ3) is 2.49. The van der Waals surface area contributed by atoms with Crippen LogP contribution in [-0.2, 0) is 16.1 Å². The third-order valence-electron chi connectivity index (χ3n) is 1.42. The van der Waals surface area contributed by atoms with E-state index in [4.69, 9.17) is 11.6 Å². The van der Waals surface area contributed by atoms with Gasteiger partial charge in [-0.25, -0.2) is 4.79 Å². The first-order valence-electron chi connectivity index (χ1n) is 3.56. The van der Waals surface area contributed by atoms with Crippen LogP contribution in [0, 0.1) is 12.1 Å². The van der Waals surface area contributed by atoms with E-state index in [1.54, 1.807) is 0 Å². The van der Waals surface area contributed by atoms with Gasteiger partial charge in [0, 0.05) is 12.1 Å². The molecule has 0 radical (unpaired) electrons.